The third kappa shape index (κ3) is 5.52. The Morgan fingerprint density at radius 1 is 1.29 bits per heavy atom. The minimum atomic E-state index is -1.85. The summed E-state index contributed by atoms with van der Waals surface area (Å²) in [5, 5.41) is 0. The highest BCUT2D eigenvalue weighted by atomic mass is 28.4. The highest BCUT2D eigenvalue weighted by Gasteiger charge is 2.27. The lowest BCUT2D eigenvalue weighted by Gasteiger charge is -2.22. The summed E-state index contributed by atoms with van der Waals surface area (Å²) < 4.78 is 10.8. The van der Waals surface area contributed by atoms with Crippen molar-refractivity contribution in [2.75, 3.05) is 20.8 Å². The van der Waals surface area contributed by atoms with E-state index in [1.165, 1.54) is 5.71 Å². The lowest BCUT2D eigenvalue weighted by molar-refractivity contribution is 0.249. The normalized spacial score (nSPS) is 13.4. The highest BCUT2D eigenvalue weighted by molar-refractivity contribution is 6.65. The van der Waals surface area contributed by atoms with Crippen molar-refractivity contribution in [3.63, 3.8) is 0 Å². The monoisotopic (exact) mass is 217 g/mol. The molecular formula is C10H23NO2Si. The van der Waals surface area contributed by atoms with Gasteiger partial charge in [-0.1, -0.05) is 6.92 Å². The molecule has 0 fully saturated rings. The molecular weight excluding hydrogens is 194 g/mol. The second-order valence-corrected chi connectivity index (χ2v) is 7.20. The minimum Gasteiger partial charge on any atom is -0.398 e. The Morgan fingerprint density at radius 2 is 1.86 bits per heavy atom. The molecule has 0 aliphatic carbocycles. The maximum absolute atomic E-state index is 5.39. The van der Waals surface area contributed by atoms with Crippen LogP contribution in [0.2, 0.25) is 12.6 Å². The second-order valence-electron chi connectivity index (χ2n) is 3.62. The van der Waals surface area contributed by atoms with E-state index in [0.717, 1.165) is 25.4 Å². The van der Waals surface area contributed by atoms with Crippen LogP contribution in [0.5, 0.6) is 0 Å². The lowest BCUT2D eigenvalue weighted by atomic mass is 10.3. The van der Waals surface area contributed by atoms with E-state index in [0.29, 0.717) is 0 Å². The molecule has 0 amide bonds. The second kappa shape index (κ2) is 7.15. The van der Waals surface area contributed by atoms with Crippen LogP contribution in [0.4, 0.5) is 0 Å². The Balaban J connectivity index is 3.73. The van der Waals surface area contributed by atoms with Gasteiger partial charge in [0.05, 0.1) is 0 Å². The summed E-state index contributed by atoms with van der Waals surface area (Å²) in [5.41, 5.74) is 1.23. The molecule has 0 saturated carbocycles. The smallest absolute Gasteiger partial charge is 0.334 e. The van der Waals surface area contributed by atoms with Gasteiger partial charge in [0.25, 0.3) is 0 Å². The van der Waals surface area contributed by atoms with Gasteiger partial charge in [0.2, 0.25) is 0 Å². The van der Waals surface area contributed by atoms with Gasteiger partial charge in [0.15, 0.2) is 0 Å². The predicted molar refractivity (Wildman–Crippen MR) is 63.3 cm³/mol. The van der Waals surface area contributed by atoms with Crippen LogP contribution >= 0.6 is 0 Å². The summed E-state index contributed by atoms with van der Waals surface area (Å²) in [5.74, 6) is 0. The summed E-state index contributed by atoms with van der Waals surface area (Å²) >= 11 is 0. The van der Waals surface area contributed by atoms with Crippen molar-refractivity contribution >= 4 is 14.3 Å². The van der Waals surface area contributed by atoms with Crippen LogP contribution in [0.1, 0.15) is 26.7 Å². The fourth-order valence-corrected chi connectivity index (χ4v) is 2.44. The molecule has 0 bridgehead atoms. The van der Waals surface area contributed by atoms with Crippen LogP contribution in [0.25, 0.3) is 0 Å². The maximum atomic E-state index is 5.39. The Kier molecular flexibility index (Phi) is 7.05. The zero-order valence-corrected chi connectivity index (χ0v) is 11.1. The number of nitrogens with zero attached hydrogens (tertiary/aromatic N) is 1. The number of rotatable bonds is 7. The fraction of sp³-hybridized carbons (Fsp3) is 0.900. The summed E-state index contributed by atoms with van der Waals surface area (Å²) in [4.78, 5) is 4.44. The van der Waals surface area contributed by atoms with E-state index in [2.05, 4.69) is 25.4 Å². The molecule has 0 heterocycles. The predicted octanol–water partition coefficient (Wildman–Crippen LogP) is 2.61. The third-order valence-electron chi connectivity index (χ3n) is 2.55. The molecule has 0 spiro atoms. The molecule has 0 saturated heterocycles. The van der Waals surface area contributed by atoms with E-state index in [-0.39, 0.29) is 0 Å². The van der Waals surface area contributed by atoms with Crippen LogP contribution in [0.15, 0.2) is 4.99 Å². The Morgan fingerprint density at radius 3 is 2.29 bits per heavy atom. The Labute approximate surface area is 88.8 Å². The highest BCUT2D eigenvalue weighted by Crippen LogP contribution is 2.13. The molecule has 0 aromatic carbocycles. The first kappa shape index (κ1) is 13.8. The fourth-order valence-electron chi connectivity index (χ4n) is 1.07. The molecule has 0 unspecified atom stereocenters. The molecule has 0 rings (SSSR count). The van der Waals surface area contributed by atoms with Gasteiger partial charge in [-0.05, 0) is 32.4 Å². The molecule has 0 N–H and O–H groups in total. The average Bonchev–Trinajstić information content (AvgIpc) is 2.23. The quantitative estimate of drug-likeness (QED) is 0.373. The summed E-state index contributed by atoms with van der Waals surface area (Å²) in [7, 11) is 1.62. The van der Waals surface area contributed by atoms with E-state index in [9.17, 15) is 0 Å². The van der Waals surface area contributed by atoms with Crippen LogP contribution in [-0.2, 0) is 8.85 Å². The van der Waals surface area contributed by atoms with Crippen molar-refractivity contribution < 1.29 is 8.85 Å². The first-order valence-electron chi connectivity index (χ1n) is 5.18. The van der Waals surface area contributed by atoms with E-state index in [4.69, 9.17) is 8.85 Å². The van der Waals surface area contributed by atoms with Crippen molar-refractivity contribution in [1.29, 1.82) is 0 Å². The van der Waals surface area contributed by atoms with Gasteiger partial charge in [0.1, 0.15) is 0 Å². The topological polar surface area (TPSA) is 30.8 Å². The van der Waals surface area contributed by atoms with E-state index >= 15 is 0 Å². The molecule has 3 nitrogen and oxygen atoms in total. The van der Waals surface area contributed by atoms with Gasteiger partial charge < -0.3 is 8.85 Å². The van der Waals surface area contributed by atoms with Crippen molar-refractivity contribution in [3.8, 4) is 0 Å². The zero-order chi connectivity index (χ0) is 11.0. The maximum Gasteiger partial charge on any atom is 0.334 e. The van der Waals surface area contributed by atoms with Crippen molar-refractivity contribution in [1.82, 2.24) is 0 Å². The molecule has 84 valence electrons. The summed E-state index contributed by atoms with van der Waals surface area (Å²) in [6.07, 6.45) is 2.10. The molecule has 0 atom stereocenters. The first-order chi connectivity index (χ1) is 6.58. The third-order valence-corrected chi connectivity index (χ3v) is 5.53. The first-order valence-corrected chi connectivity index (χ1v) is 7.70. The van der Waals surface area contributed by atoms with Crippen molar-refractivity contribution in [2.45, 2.75) is 39.3 Å². The van der Waals surface area contributed by atoms with Crippen molar-refractivity contribution in [3.05, 3.63) is 0 Å². The van der Waals surface area contributed by atoms with E-state index in [1.54, 1.807) is 14.2 Å². The number of hydrogen-bond donors (Lipinski definition) is 0. The van der Waals surface area contributed by atoms with Crippen LogP contribution in [0.3, 0.4) is 0 Å². The van der Waals surface area contributed by atoms with Gasteiger partial charge in [-0.2, -0.15) is 0 Å². The molecule has 4 heteroatoms. The number of hydrogen-bond acceptors (Lipinski definition) is 3. The van der Waals surface area contributed by atoms with E-state index in [1.807, 2.05) is 0 Å². The Hall–Kier alpha value is -0.193. The van der Waals surface area contributed by atoms with Gasteiger partial charge in [-0.3, -0.25) is 4.99 Å². The van der Waals surface area contributed by atoms with Crippen molar-refractivity contribution in [2.24, 2.45) is 4.99 Å². The summed E-state index contributed by atoms with van der Waals surface area (Å²) in [6, 6.07) is 1.01. The van der Waals surface area contributed by atoms with Gasteiger partial charge in [-0.25, -0.2) is 0 Å². The zero-order valence-electron chi connectivity index (χ0n) is 10.1. The van der Waals surface area contributed by atoms with Crippen LogP contribution in [0, 0.1) is 0 Å². The minimum absolute atomic E-state index is 0.898. The van der Waals surface area contributed by atoms with Gasteiger partial charge >= 0.3 is 8.56 Å². The molecule has 0 aromatic rings. The van der Waals surface area contributed by atoms with E-state index < -0.39 is 8.56 Å². The number of aliphatic imine (C=N–C) groups is 1. The SMILES string of the molecule is CC/C(C)=N\CCC[Si](C)(OC)OC. The van der Waals surface area contributed by atoms with Crippen LogP contribution < -0.4 is 0 Å². The van der Waals surface area contributed by atoms with Gasteiger partial charge in [0, 0.05) is 26.5 Å². The molecule has 0 radical (unpaired) electrons. The van der Waals surface area contributed by atoms with Gasteiger partial charge in [-0.15, -0.1) is 0 Å². The molecule has 0 aliphatic heterocycles. The lowest BCUT2D eigenvalue weighted by Crippen LogP contribution is -2.35. The van der Waals surface area contributed by atoms with Crippen LogP contribution in [-0.4, -0.2) is 35.0 Å². The Bertz CT molecular complexity index is 179. The molecule has 14 heavy (non-hydrogen) atoms. The summed E-state index contributed by atoms with van der Waals surface area (Å²) in [6.45, 7) is 7.18. The molecule has 0 aromatic heterocycles. The molecule has 0 aliphatic rings. The average molecular weight is 217 g/mol. The standard InChI is InChI=1S/C10H23NO2Si/c1-6-10(2)11-8-7-9-14(5,12-3)13-4/h6-9H2,1-5H3/b11-10-. The largest absolute Gasteiger partial charge is 0.398 e.